The van der Waals surface area contributed by atoms with Gasteiger partial charge in [0.15, 0.2) is 0 Å². The second-order valence-corrected chi connectivity index (χ2v) is 8.88. The lowest BCUT2D eigenvalue weighted by molar-refractivity contribution is -0.121. The van der Waals surface area contributed by atoms with Crippen LogP contribution < -0.4 is 14.4 Å². The number of hydrogen-bond acceptors (Lipinski definition) is 6. The molecule has 0 atom stereocenters. The van der Waals surface area contributed by atoms with Crippen LogP contribution in [0, 0.1) is 0 Å². The summed E-state index contributed by atoms with van der Waals surface area (Å²) in [6, 6.07) is 4.80. The maximum Gasteiger partial charge on any atom is 0.232 e. The van der Waals surface area contributed by atoms with E-state index in [4.69, 9.17) is 21.1 Å². The summed E-state index contributed by atoms with van der Waals surface area (Å²) in [4.78, 5) is 14.3. The summed E-state index contributed by atoms with van der Waals surface area (Å²) >= 11 is 6.11. The zero-order valence-electron chi connectivity index (χ0n) is 16.3. The third-order valence-corrected chi connectivity index (χ3v) is 5.93. The highest BCUT2D eigenvalue weighted by atomic mass is 35.5. The predicted molar refractivity (Wildman–Crippen MR) is 110 cm³/mol. The van der Waals surface area contributed by atoms with E-state index in [1.54, 1.807) is 18.2 Å². The summed E-state index contributed by atoms with van der Waals surface area (Å²) in [6.07, 6.45) is 1.78. The quantitative estimate of drug-likeness (QED) is 0.599. The first-order chi connectivity index (χ1) is 13.3. The molecule has 1 amide bonds. The number of benzene rings is 1. The molecule has 2 rings (SSSR count). The van der Waals surface area contributed by atoms with Gasteiger partial charge in [0.25, 0.3) is 0 Å². The van der Waals surface area contributed by atoms with Crippen molar-refractivity contribution < 1.29 is 22.7 Å². The lowest BCUT2D eigenvalue weighted by Crippen LogP contribution is -2.41. The molecule has 0 radical (unpaired) electrons. The van der Waals surface area contributed by atoms with Gasteiger partial charge in [0.05, 0.1) is 37.3 Å². The van der Waals surface area contributed by atoms with E-state index in [-0.39, 0.29) is 18.9 Å². The minimum absolute atomic E-state index is 0.0885. The van der Waals surface area contributed by atoms with Gasteiger partial charge in [-0.15, -0.1) is 0 Å². The number of carbonyl (C=O) groups excluding carboxylic acids is 1. The Morgan fingerprint density at radius 2 is 2.07 bits per heavy atom. The number of ether oxygens (including phenoxy) is 2. The van der Waals surface area contributed by atoms with Gasteiger partial charge in [0.1, 0.15) is 5.75 Å². The maximum atomic E-state index is 12.2. The van der Waals surface area contributed by atoms with E-state index < -0.39 is 10.0 Å². The van der Waals surface area contributed by atoms with Crippen LogP contribution in [-0.2, 0) is 19.6 Å². The number of amides is 1. The van der Waals surface area contributed by atoms with Crippen molar-refractivity contribution in [1.29, 1.82) is 0 Å². The van der Waals surface area contributed by atoms with Crippen molar-refractivity contribution in [2.45, 2.75) is 12.8 Å². The van der Waals surface area contributed by atoms with E-state index in [0.29, 0.717) is 29.4 Å². The van der Waals surface area contributed by atoms with Crippen LogP contribution in [0.25, 0.3) is 0 Å². The van der Waals surface area contributed by atoms with Crippen molar-refractivity contribution in [3.8, 4) is 5.75 Å². The number of nitrogens with zero attached hydrogens (tertiary/aromatic N) is 2. The second-order valence-electron chi connectivity index (χ2n) is 6.56. The van der Waals surface area contributed by atoms with Crippen LogP contribution in [0.1, 0.15) is 12.8 Å². The molecule has 1 fully saturated rings. The smallest absolute Gasteiger partial charge is 0.232 e. The van der Waals surface area contributed by atoms with E-state index in [9.17, 15) is 13.2 Å². The number of sulfonamides is 1. The van der Waals surface area contributed by atoms with Gasteiger partial charge in [0, 0.05) is 39.1 Å². The molecule has 1 aliphatic rings. The summed E-state index contributed by atoms with van der Waals surface area (Å²) in [5.41, 5.74) is 0.445. The van der Waals surface area contributed by atoms with E-state index in [0.717, 1.165) is 39.1 Å². The number of carbonyl (C=O) groups is 1. The summed E-state index contributed by atoms with van der Waals surface area (Å²) in [7, 11) is -2.01. The molecule has 1 heterocycles. The first kappa shape index (κ1) is 22.7. The standard InChI is InChI=1S/C18H28ClN3O5S/c1-26-17-6-5-15(14-16(17)19)22(28(2,24)25)8-3-4-18(23)20-7-9-21-10-12-27-13-11-21/h5-6,14H,3-4,7-13H2,1-2H3,(H,20,23). The molecule has 8 nitrogen and oxygen atoms in total. The molecular formula is C18H28ClN3O5S. The fourth-order valence-electron chi connectivity index (χ4n) is 2.95. The van der Waals surface area contributed by atoms with Crippen molar-refractivity contribution in [3.63, 3.8) is 0 Å². The third-order valence-electron chi connectivity index (χ3n) is 4.44. The Morgan fingerprint density at radius 3 is 2.68 bits per heavy atom. The Kier molecular flexibility index (Phi) is 8.81. The summed E-state index contributed by atoms with van der Waals surface area (Å²) in [5, 5.41) is 3.21. The zero-order chi connectivity index (χ0) is 20.6. The maximum absolute atomic E-state index is 12.2. The lowest BCUT2D eigenvalue weighted by Gasteiger charge is -2.26. The normalized spacial score (nSPS) is 15.2. The molecule has 10 heteroatoms. The van der Waals surface area contributed by atoms with E-state index >= 15 is 0 Å². The minimum atomic E-state index is -3.50. The SMILES string of the molecule is COc1ccc(N(CCCC(=O)NCCN2CCOCC2)S(C)(=O)=O)cc1Cl. The molecule has 0 spiro atoms. The van der Waals surface area contributed by atoms with Crippen LogP contribution in [-0.4, -0.2) is 78.5 Å². The lowest BCUT2D eigenvalue weighted by atomic mass is 10.2. The van der Waals surface area contributed by atoms with Crippen LogP contribution >= 0.6 is 11.6 Å². The Labute approximate surface area is 171 Å². The van der Waals surface area contributed by atoms with Gasteiger partial charge in [-0.05, 0) is 24.6 Å². The molecule has 28 heavy (non-hydrogen) atoms. The van der Waals surface area contributed by atoms with E-state index in [1.165, 1.54) is 11.4 Å². The number of anilines is 1. The number of halogens is 1. The summed E-state index contributed by atoms with van der Waals surface area (Å²) in [6.45, 7) is 4.76. The zero-order valence-corrected chi connectivity index (χ0v) is 17.9. The molecule has 1 saturated heterocycles. The van der Waals surface area contributed by atoms with Crippen LogP contribution in [0.4, 0.5) is 5.69 Å². The molecular weight excluding hydrogens is 406 g/mol. The Balaban J connectivity index is 1.81. The molecule has 0 aliphatic carbocycles. The van der Waals surface area contributed by atoms with Crippen LogP contribution in [0.2, 0.25) is 5.02 Å². The van der Waals surface area contributed by atoms with Crippen LogP contribution in [0.5, 0.6) is 5.75 Å². The van der Waals surface area contributed by atoms with Crippen LogP contribution in [0.3, 0.4) is 0 Å². The fourth-order valence-corrected chi connectivity index (χ4v) is 4.16. The van der Waals surface area contributed by atoms with Crippen LogP contribution in [0.15, 0.2) is 18.2 Å². The van der Waals surface area contributed by atoms with Gasteiger partial charge in [-0.1, -0.05) is 11.6 Å². The Bertz CT molecular complexity index is 754. The highest BCUT2D eigenvalue weighted by molar-refractivity contribution is 7.92. The average molecular weight is 434 g/mol. The molecule has 0 saturated carbocycles. The minimum Gasteiger partial charge on any atom is -0.495 e. The first-order valence-electron chi connectivity index (χ1n) is 9.19. The molecule has 1 N–H and O–H groups in total. The molecule has 0 aromatic heterocycles. The number of hydrogen-bond donors (Lipinski definition) is 1. The van der Waals surface area contributed by atoms with Gasteiger partial charge >= 0.3 is 0 Å². The van der Waals surface area contributed by atoms with E-state index in [2.05, 4.69) is 10.2 Å². The number of methoxy groups -OCH3 is 1. The summed E-state index contributed by atoms with van der Waals surface area (Å²) in [5.74, 6) is 0.382. The van der Waals surface area contributed by atoms with Gasteiger partial charge in [0.2, 0.25) is 15.9 Å². The largest absolute Gasteiger partial charge is 0.495 e. The molecule has 0 bridgehead atoms. The molecule has 1 aromatic carbocycles. The van der Waals surface area contributed by atoms with Crippen molar-refractivity contribution in [2.75, 3.05) is 63.6 Å². The number of nitrogens with one attached hydrogen (secondary N) is 1. The molecule has 158 valence electrons. The molecule has 1 aliphatic heterocycles. The van der Waals surface area contributed by atoms with Gasteiger partial charge in [-0.25, -0.2) is 8.42 Å². The number of rotatable bonds is 10. The van der Waals surface area contributed by atoms with Gasteiger partial charge in [-0.3, -0.25) is 14.0 Å². The first-order valence-corrected chi connectivity index (χ1v) is 11.4. The fraction of sp³-hybridized carbons (Fsp3) is 0.611. The van der Waals surface area contributed by atoms with Crippen molar-refractivity contribution in [1.82, 2.24) is 10.2 Å². The van der Waals surface area contributed by atoms with Gasteiger partial charge < -0.3 is 14.8 Å². The van der Waals surface area contributed by atoms with Crippen molar-refractivity contribution in [2.24, 2.45) is 0 Å². The number of morpholine rings is 1. The van der Waals surface area contributed by atoms with Crippen molar-refractivity contribution in [3.05, 3.63) is 23.2 Å². The van der Waals surface area contributed by atoms with Gasteiger partial charge in [-0.2, -0.15) is 0 Å². The summed E-state index contributed by atoms with van der Waals surface area (Å²) < 4.78 is 35.9. The highest BCUT2D eigenvalue weighted by Crippen LogP contribution is 2.30. The second kappa shape index (κ2) is 10.8. The molecule has 0 unspecified atom stereocenters. The topological polar surface area (TPSA) is 88.2 Å². The monoisotopic (exact) mass is 433 g/mol. The van der Waals surface area contributed by atoms with E-state index in [1.807, 2.05) is 0 Å². The average Bonchev–Trinajstić information content (AvgIpc) is 2.65. The Hall–Kier alpha value is -1.55. The third kappa shape index (κ3) is 7.12. The van der Waals surface area contributed by atoms with Crippen molar-refractivity contribution >= 4 is 33.2 Å². The highest BCUT2D eigenvalue weighted by Gasteiger charge is 2.19. The molecule has 1 aromatic rings. The predicted octanol–water partition coefficient (Wildman–Crippen LogP) is 1.34. The Morgan fingerprint density at radius 1 is 1.36 bits per heavy atom.